The maximum atomic E-state index is 11.6. The molecule has 1 aliphatic rings. The van der Waals surface area contributed by atoms with Gasteiger partial charge in [-0.25, -0.2) is 0 Å². The van der Waals surface area contributed by atoms with Crippen LogP contribution in [0.4, 0.5) is 0 Å². The van der Waals surface area contributed by atoms with Gasteiger partial charge in [0, 0.05) is 5.56 Å². The molecule has 1 unspecified atom stereocenters. The number of allylic oxidation sites excluding steroid dienone is 4. The van der Waals surface area contributed by atoms with Gasteiger partial charge in [-0.3, -0.25) is 0 Å². The van der Waals surface area contributed by atoms with Crippen molar-refractivity contribution >= 4 is 37.1 Å². The van der Waals surface area contributed by atoms with Crippen molar-refractivity contribution in [3.63, 3.8) is 0 Å². The van der Waals surface area contributed by atoms with E-state index in [-0.39, 0.29) is 17.8 Å². The molecule has 0 spiro atoms. The molecule has 1 aliphatic carbocycles. The molecule has 4 heteroatoms. The van der Waals surface area contributed by atoms with Crippen molar-refractivity contribution in [1.29, 1.82) is 0 Å². The summed E-state index contributed by atoms with van der Waals surface area (Å²) < 4.78 is 6.73. The number of phenols is 1. The summed E-state index contributed by atoms with van der Waals surface area (Å²) in [4.78, 5) is -0.506. The Balaban J connectivity index is 1.78. The van der Waals surface area contributed by atoms with E-state index >= 15 is 0 Å². The van der Waals surface area contributed by atoms with Gasteiger partial charge < -0.3 is 9.84 Å². The third-order valence-electron chi connectivity index (χ3n) is 7.70. The van der Waals surface area contributed by atoms with E-state index in [2.05, 4.69) is 159 Å². The molecular weight excluding hydrogens is 562 g/mol. The maximum Gasteiger partial charge on any atom is 0.119 e. The van der Waals surface area contributed by atoms with Crippen LogP contribution in [0.2, 0.25) is 0 Å². The lowest BCUT2D eigenvalue weighted by molar-refractivity contribution is 0.130. The molecular formula is C39H36O2P2. The van der Waals surface area contributed by atoms with Gasteiger partial charge in [-0.05, 0) is 63.1 Å². The highest BCUT2D eigenvalue weighted by atomic mass is 31.2. The minimum atomic E-state index is -1.06. The average molecular weight is 599 g/mol. The highest BCUT2D eigenvalue weighted by Crippen LogP contribution is 2.73. The average Bonchev–Trinajstić information content (AvgIpc) is 3.04. The van der Waals surface area contributed by atoms with Crippen molar-refractivity contribution in [2.24, 2.45) is 0 Å². The topological polar surface area (TPSA) is 29.5 Å². The first-order valence-electron chi connectivity index (χ1n) is 14.7. The van der Waals surface area contributed by atoms with Crippen LogP contribution >= 0.6 is 15.8 Å². The minimum absolute atomic E-state index is 0.0249. The van der Waals surface area contributed by atoms with Gasteiger partial charge in [-0.1, -0.05) is 152 Å². The summed E-state index contributed by atoms with van der Waals surface area (Å²) >= 11 is 0. The SMILES string of the molecule is CC(C)OC1=CC=CC(P(c2ccccc2)c2ccccc2)(P(c2ccccc2)c2ccccc2)C1c1ccccc1O. The Morgan fingerprint density at radius 3 is 1.37 bits per heavy atom. The molecule has 214 valence electrons. The number of rotatable bonds is 9. The van der Waals surface area contributed by atoms with Crippen LogP contribution in [0, 0.1) is 0 Å². The van der Waals surface area contributed by atoms with Crippen LogP contribution in [-0.2, 0) is 4.74 Å². The molecule has 43 heavy (non-hydrogen) atoms. The zero-order valence-electron chi connectivity index (χ0n) is 24.5. The van der Waals surface area contributed by atoms with Crippen molar-refractivity contribution in [2.45, 2.75) is 30.8 Å². The van der Waals surface area contributed by atoms with Gasteiger partial charge >= 0.3 is 0 Å². The minimum Gasteiger partial charge on any atom is -0.508 e. The maximum absolute atomic E-state index is 11.6. The quantitative estimate of drug-likeness (QED) is 0.173. The predicted molar refractivity (Wildman–Crippen MR) is 185 cm³/mol. The lowest BCUT2D eigenvalue weighted by Crippen LogP contribution is -2.44. The normalized spacial score (nSPS) is 15.9. The number of hydrogen-bond donors (Lipinski definition) is 1. The number of benzene rings is 5. The van der Waals surface area contributed by atoms with Gasteiger partial charge in [0.05, 0.1) is 16.9 Å². The molecule has 6 rings (SSSR count). The lowest BCUT2D eigenvalue weighted by Gasteiger charge is -2.52. The van der Waals surface area contributed by atoms with Gasteiger partial charge in [0.2, 0.25) is 0 Å². The molecule has 0 heterocycles. The first-order chi connectivity index (χ1) is 21.1. The van der Waals surface area contributed by atoms with Crippen molar-refractivity contribution in [3.05, 3.63) is 175 Å². The number of ether oxygens (including phenoxy) is 1. The van der Waals surface area contributed by atoms with E-state index in [1.807, 2.05) is 18.2 Å². The Morgan fingerprint density at radius 2 is 0.977 bits per heavy atom. The summed E-state index contributed by atoms with van der Waals surface area (Å²) in [5.74, 6) is 0.925. The third-order valence-corrected chi connectivity index (χ3v) is 14.4. The van der Waals surface area contributed by atoms with Crippen LogP contribution in [0.15, 0.2) is 170 Å². The molecule has 0 saturated carbocycles. The Morgan fingerprint density at radius 1 is 0.581 bits per heavy atom. The molecule has 1 N–H and O–H groups in total. The second-order valence-electron chi connectivity index (χ2n) is 10.9. The highest BCUT2D eigenvalue weighted by molar-refractivity contribution is 7.91. The van der Waals surface area contributed by atoms with Crippen LogP contribution < -0.4 is 21.2 Å². The molecule has 0 bridgehead atoms. The zero-order chi connectivity index (χ0) is 29.6. The lowest BCUT2D eigenvalue weighted by atomic mass is 9.88. The standard InChI is InChI=1S/C39H36O2P2/c1-30(2)41-37-28-17-29-39(38(37)35-26-15-16-27-36(35)40,42(31-18-7-3-8-19-31)32-20-9-4-10-21-32)43(33-22-11-5-12-23-33)34-24-13-6-14-25-34/h3-30,38,40H,1-2H3. The van der Waals surface area contributed by atoms with Gasteiger partial charge in [-0.15, -0.1) is 0 Å². The summed E-state index contributed by atoms with van der Waals surface area (Å²) in [5.41, 5.74) is 0.887. The van der Waals surface area contributed by atoms with Gasteiger partial charge in [0.25, 0.3) is 0 Å². The van der Waals surface area contributed by atoms with Crippen molar-refractivity contribution < 1.29 is 9.84 Å². The first kappa shape index (κ1) is 29.1. The second-order valence-corrected chi connectivity index (χ2v) is 16.1. The number of para-hydroxylation sites is 1. The molecule has 0 aromatic heterocycles. The molecule has 5 aromatic rings. The van der Waals surface area contributed by atoms with Crippen LogP contribution in [0.25, 0.3) is 0 Å². The molecule has 5 aromatic carbocycles. The summed E-state index contributed by atoms with van der Waals surface area (Å²) in [6.45, 7) is 4.16. The monoisotopic (exact) mass is 598 g/mol. The summed E-state index contributed by atoms with van der Waals surface area (Å²) in [7, 11) is -2.11. The van der Waals surface area contributed by atoms with Crippen LogP contribution in [-0.4, -0.2) is 16.1 Å². The fourth-order valence-electron chi connectivity index (χ4n) is 6.12. The van der Waals surface area contributed by atoms with E-state index in [9.17, 15) is 5.11 Å². The molecule has 0 radical (unpaired) electrons. The van der Waals surface area contributed by atoms with E-state index in [0.29, 0.717) is 0 Å². The third kappa shape index (κ3) is 5.83. The largest absolute Gasteiger partial charge is 0.508 e. The molecule has 0 aliphatic heterocycles. The van der Waals surface area contributed by atoms with Gasteiger partial charge in [0.15, 0.2) is 0 Å². The van der Waals surface area contributed by atoms with E-state index in [4.69, 9.17) is 4.74 Å². The highest BCUT2D eigenvalue weighted by Gasteiger charge is 2.55. The van der Waals surface area contributed by atoms with E-state index in [1.165, 1.54) is 21.2 Å². The molecule has 0 saturated heterocycles. The fraction of sp³-hybridized carbons (Fsp3) is 0.128. The number of phenolic OH excluding ortho intramolecular Hbond substituents is 1. The van der Waals surface area contributed by atoms with E-state index in [0.717, 1.165) is 11.3 Å². The number of aromatic hydroxyl groups is 1. The van der Waals surface area contributed by atoms with E-state index in [1.54, 1.807) is 0 Å². The second kappa shape index (κ2) is 13.1. The number of hydrogen-bond acceptors (Lipinski definition) is 2. The molecule has 1 atom stereocenters. The Labute approximate surface area is 257 Å². The van der Waals surface area contributed by atoms with Crippen molar-refractivity contribution in [2.75, 3.05) is 0 Å². The van der Waals surface area contributed by atoms with Crippen LogP contribution in [0.1, 0.15) is 25.3 Å². The smallest absolute Gasteiger partial charge is 0.119 e. The zero-order valence-corrected chi connectivity index (χ0v) is 26.3. The molecule has 0 fully saturated rings. The molecule has 2 nitrogen and oxygen atoms in total. The Hall–Kier alpha value is -3.96. The predicted octanol–water partition coefficient (Wildman–Crippen LogP) is 8.32. The fourth-order valence-corrected chi connectivity index (χ4v) is 14.0. The van der Waals surface area contributed by atoms with Crippen LogP contribution in [0.3, 0.4) is 0 Å². The van der Waals surface area contributed by atoms with Crippen LogP contribution in [0.5, 0.6) is 5.75 Å². The Bertz CT molecular complexity index is 1520. The summed E-state index contributed by atoms with van der Waals surface area (Å²) in [6, 6.07) is 51.6. The summed E-state index contributed by atoms with van der Waals surface area (Å²) in [6.07, 6.45) is 6.75. The van der Waals surface area contributed by atoms with Gasteiger partial charge in [-0.2, -0.15) is 0 Å². The Kier molecular flexibility index (Phi) is 8.90. The van der Waals surface area contributed by atoms with Crippen molar-refractivity contribution in [3.8, 4) is 5.75 Å². The first-order valence-corrected chi connectivity index (χ1v) is 17.4. The summed E-state index contributed by atoms with van der Waals surface area (Å²) in [5, 5.41) is 16.8. The van der Waals surface area contributed by atoms with Gasteiger partial charge in [0.1, 0.15) is 11.5 Å². The van der Waals surface area contributed by atoms with E-state index < -0.39 is 20.7 Å². The van der Waals surface area contributed by atoms with Crippen molar-refractivity contribution in [1.82, 2.24) is 0 Å². The molecule has 0 amide bonds.